The summed E-state index contributed by atoms with van der Waals surface area (Å²) in [7, 11) is -1.58. The normalized spacial score (nSPS) is 11.8. The van der Waals surface area contributed by atoms with Gasteiger partial charge in [0.1, 0.15) is 11.9 Å². The number of benzene rings is 2. The van der Waals surface area contributed by atoms with E-state index in [2.05, 4.69) is 0 Å². The van der Waals surface area contributed by atoms with Crippen molar-refractivity contribution in [1.82, 2.24) is 0 Å². The molecule has 2 aromatic carbocycles. The van der Waals surface area contributed by atoms with Gasteiger partial charge in [0.2, 0.25) is 0 Å². The third kappa shape index (κ3) is 2.82. The Balaban J connectivity index is 2.36. The molecular weight excluding hydrogens is 299 g/mol. The predicted octanol–water partition coefficient (Wildman–Crippen LogP) is 3.24. The minimum Gasteiger partial charge on any atom is -0.398 e. The molecule has 1 unspecified atom stereocenters. The molecule has 20 heavy (non-hydrogen) atoms. The van der Waals surface area contributed by atoms with Crippen LogP contribution in [0.15, 0.2) is 41.3 Å². The summed E-state index contributed by atoms with van der Waals surface area (Å²) in [6.45, 7) is 0. The quantitative estimate of drug-likeness (QED) is 0.885. The lowest BCUT2D eigenvalue weighted by atomic mass is 10.1. The molecule has 0 radical (unpaired) electrons. The monoisotopic (exact) mass is 308 g/mol. The smallest absolute Gasteiger partial charge is 0.145 e. The Bertz CT molecular complexity index is 707. The fourth-order valence-corrected chi connectivity index (χ4v) is 3.46. The second-order valence-electron chi connectivity index (χ2n) is 4.04. The van der Waals surface area contributed by atoms with Crippen LogP contribution >= 0.6 is 11.6 Å². The first-order valence-electron chi connectivity index (χ1n) is 5.64. The lowest BCUT2D eigenvalue weighted by Gasteiger charge is -2.09. The molecule has 0 bridgehead atoms. The van der Waals surface area contributed by atoms with Crippen molar-refractivity contribution in [2.24, 2.45) is 0 Å². The molecule has 3 nitrogen and oxygen atoms in total. The minimum atomic E-state index is -1.58. The summed E-state index contributed by atoms with van der Waals surface area (Å²) in [6.07, 6.45) is 0. The number of halogens is 2. The van der Waals surface area contributed by atoms with Crippen LogP contribution < -0.4 is 5.73 Å². The van der Waals surface area contributed by atoms with E-state index in [0.717, 1.165) is 0 Å². The van der Waals surface area contributed by atoms with Crippen LogP contribution in [0.3, 0.4) is 0 Å². The number of nitriles is 1. The van der Waals surface area contributed by atoms with Gasteiger partial charge < -0.3 is 5.73 Å². The molecule has 0 aromatic heterocycles. The maximum Gasteiger partial charge on any atom is 0.145 e. The van der Waals surface area contributed by atoms with Crippen molar-refractivity contribution in [3.05, 3.63) is 58.4 Å². The van der Waals surface area contributed by atoms with Gasteiger partial charge in [0.05, 0.1) is 32.0 Å². The molecule has 0 heterocycles. The highest BCUT2D eigenvalue weighted by Gasteiger charge is 2.16. The minimum absolute atomic E-state index is 0.0772. The van der Waals surface area contributed by atoms with Crippen molar-refractivity contribution in [2.45, 2.75) is 10.6 Å². The van der Waals surface area contributed by atoms with Crippen LogP contribution in [0.5, 0.6) is 0 Å². The molecule has 0 aliphatic heterocycles. The molecule has 102 valence electrons. The molecule has 0 fully saturated rings. The van der Waals surface area contributed by atoms with E-state index in [0.29, 0.717) is 5.69 Å². The molecule has 2 rings (SSSR count). The molecule has 0 aliphatic rings. The van der Waals surface area contributed by atoms with Gasteiger partial charge in [0.15, 0.2) is 0 Å². The zero-order valence-corrected chi connectivity index (χ0v) is 11.8. The Morgan fingerprint density at radius 3 is 2.65 bits per heavy atom. The molecule has 2 aromatic rings. The fourth-order valence-electron chi connectivity index (χ4n) is 1.76. The Morgan fingerprint density at radius 2 is 2.00 bits per heavy atom. The molecule has 0 amide bonds. The Kier molecular flexibility index (Phi) is 4.38. The highest BCUT2D eigenvalue weighted by molar-refractivity contribution is 7.84. The summed E-state index contributed by atoms with van der Waals surface area (Å²) >= 11 is 5.97. The highest BCUT2D eigenvalue weighted by atomic mass is 35.5. The van der Waals surface area contributed by atoms with Gasteiger partial charge >= 0.3 is 0 Å². The molecule has 0 saturated carbocycles. The van der Waals surface area contributed by atoms with E-state index < -0.39 is 16.6 Å². The average molecular weight is 309 g/mol. The van der Waals surface area contributed by atoms with E-state index in [4.69, 9.17) is 22.6 Å². The summed E-state index contributed by atoms with van der Waals surface area (Å²) < 4.78 is 26.2. The molecule has 6 heteroatoms. The topological polar surface area (TPSA) is 66.9 Å². The third-order valence-electron chi connectivity index (χ3n) is 2.71. The lowest BCUT2D eigenvalue weighted by molar-refractivity contribution is 0.611. The van der Waals surface area contributed by atoms with Gasteiger partial charge in [0.25, 0.3) is 0 Å². The SMILES string of the molecule is N#Cc1cccc(CS(=O)c2c(N)cccc2Cl)c1F. The van der Waals surface area contributed by atoms with E-state index in [1.165, 1.54) is 12.1 Å². The summed E-state index contributed by atoms with van der Waals surface area (Å²) in [6, 6.07) is 11.0. The van der Waals surface area contributed by atoms with E-state index in [1.54, 1.807) is 30.3 Å². The number of nitrogens with two attached hydrogens (primary N) is 1. The number of rotatable bonds is 3. The zero-order chi connectivity index (χ0) is 14.7. The van der Waals surface area contributed by atoms with Gasteiger partial charge in [-0.2, -0.15) is 5.26 Å². The zero-order valence-electron chi connectivity index (χ0n) is 10.3. The number of anilines is 1. The number of nitrogens with zero attached hydrogens (tertiary/aromatic N) is 1. The molecule has 1 atom stereocenters. The summed E-state index contributed by atoms with van der Waals surface area (Å²) in [5.41, 5.74) is 6.16. The van der Waals surface area contributed by atoms with Gasteiger partial charge in [-0.25, -0.2) is 4.39 Å². The first-order chi connectivity index (χ1) is 9.54. The average Bonchev–Trinajstić information content (AvgIpc) is 2.41. The van der Waals surface area contributed by atoms with Crippen LogP contribution in [0.25, 0.3) is 0 Å². The van der Waals surface area contributed by atoms with Crippen molar-refractivity contribution in [2.75, 3.05) is 5.73 Å². The van der Waals surface area contributed by atoms with Crippen molar-refractivity contribution in [3.8, 4) is 6.07 Å². The number of hydrogen-bond donors (Lipinski definition) is 1. The summed E-state index contributed by atoms with van der Waals surface area (Å²) in [5, 5.41) is 9.05. The summed E-state index contributed by atoms with van der Waals surface area (Å²) in [5.74, 6) is -0.746. The van der Waals surface area contributed by atoms with E-state index >= 15 is 0 Å². The summed E-state index contributed by atoms with van der Waals surface area (Å²) in [4.78, 5) is 0.288. The molecular formula is C14H10ClFN2OS. The van der Waals surface area contributed by atoms with Crippen LogP contribution in [0, 0.1) is 17.1 Å². The van der Waals surface area contributed by atoms with E-state index in [1.807, 2.05) is 0 Å². The van der Waals surface area contributed by atoms with Gasteiger partial charge in [-0.05, 0) is 18.2 Å². The van der Waals surface area contributed by atoms with Crippen LogP contribution in [0.1, 0.15) is 11.1 Å². The Labute approximate surface area is 123 Å². The van der Waals surface area contributed by atoms with Crippen LogP contribution in [-0.4, -0.2) is 4.21 Å². The van der Waals surface area contributed by atoms with Gasteiger partial charge in [-0.1, -0.05) is 29.8 Å². The van der Waals surface area contributed by atoms with Gasteiger partial charge in [-0.15, -0.1) is 0 Å². The molecule has 0 saturated heterocycles. The van der Waals surface area contributed by atoms with Crippen molar-refractivity contribution < 1.29 is 8.60 Å². The largest absolute Gasteiger partial charge is 0.398 e. The van der Waals surface area contributed by atoms with Gasteiger partial charge in [-0.3, -0.25) is 4.21 Å². The molecule has 2 N–H and O–H groups in total. The van der Waals surface area contributed by atoms with Crippen LogP contribution in [0.4, 0.5) is 10.1 Å². The van der Waals surface area contributed by atoms with Crippen molar-refractivity contribution in [3.63, 3.8) is 0 Å². The predicted molar refractivity (Wildman–Crippen MR) is 77.1 cm³/mol. The first-order valence-corrected chi connectivity index (χ1v) is 7.34. The second-order valence-corrected chi connectivity index (χ2v) is 5.83. The van der Waals surface area contributed by atoms with Crippen molar-refractivity contribution in [1.29, 1.82) is 5.26 Å². The fraction of sp³-hybridized carbons (Fsp3) is 0.0714. The van der Waals surface area contributed by atoms with E-state index in [9.17, 15) is 8.60 Å². The lowest BCUT2D eigenvalue weighted by Crippen LogP contribution is -2.04. The molecule has 0 spiro atoms. The maximum absolute atomic E-state index is 13.9. The van der Waals surface area contributed by atoms with Crippen LogP contribution in [0.2, 0.25) is 5.02 Å². The number of hydrogen-bond acceptors (Lipinski definition) is 3. The van der Waals surface area contributed by atoms with Crippen molar-refractivity contribution >= 4 is 28.1 Å². The van der Waals surface area contributed by atoms with Crippen LogP contribution in [-0.2, 0) is 16.6 Å². The van der Waals surface area contributed by atoms with Gasteiger partial charge in [0, 0.05) is 11.3 Å². The first kappa shape index (κ1) is 14.5. The molecule has 0 aliphatic carbocycles. The second kappa shape index (κ2) is 6.04. The Morgan fingerprint density at radius 1 is 1.30 bits per heavy atom. The number of nitrogen functional groups attached to an aromatic ring is 1. The maximum atomic E-state index is 13.9. The van der Waals surface area contributed by atoms with E-state index in [-0.39, 0.29) is 26.8 Å². The third-order valence-corrected chi connectivity index (χ3v) is 4.62. The highest BCUT2D eigenvalue weighted by Crippen LogP contribution is 2.28. The Hall–Kier alpha value is -1.90. The standard InChI is InChI=1S/C14H10ClFN2OS/c15-11-5-2-6-12(18)14(11)20(19)8-10-4-1-3-9(7-17)13(10)16/h1-6H,8,18H2.